The van der Waals surface area contributed by atoms with Crippen molar-refractivity contribution in [3.05, 3.63) is 28.7 Å². The van der Waals surface area contributed by atoms with E-state index >= 15 is 0 Å². The van der Waals surface area contributed by atoms with Gasteiger partial charge in [-0.25, -0.2) is 15.0 Å². The zero-order valence-electron chi connectivity index (χ0n) is 6.69. The van der Waals surface area contributed by atoms with Crippen molar-refractivity contribution < 1.29 is 0 Å². The van der Waals surface area contributed by atoms with Crippen molar-refractivity contribution in [3.63, 3.8) is 0 Å². The summed E-state index contributed by atoms with van der Waals surface area (Å²) in [4.78, 5) is 25.5. The van der Waals surface area contributed by atoms with Gasteiger partial charge in [0.2, 0.25) is 0 Å². The summed E-state index contributed by atoms with van der Waals surface area (Å²) in [6, 6.07) is 0. The molecule has 66 valence electrons. The van der Waals surface area contributed by atoms with Crippen LogP contribution < -0.4 is 11.3 Å². The number of hydrogen-bond donors (Lipinski definition) is 2. The predicted molar refractivity (Wildman–Crippen MR) is 45.8 cm³/mol. The highest BCUT2D eigenvalue weighted by atomic mass is 16.1. The number of hydrogen-bond acceptors (Lipinski definition) is 5. The summed E-state index contributed by atoms with van der Waals surface area (Å²) in [6.07, 6.45) is 2.77. The Labute approximate surface area is 72.9 Å². The molecule has 2 rings (SSSR count). The molecule has 0 bridgehead atoms. The van der Waals surface area contributed by atoms with Gasteiger partial charge in [-0.05, 0) is 0 Å². The van der Waals surface area contributed by atoms with E-state index in [2.05, 4.69) is 19.9 Å². The predicted octanol–water partition coefficient (Wildman–Crippen LogP) is -0.828. The number of nitrogens with one attached hydrogen (secondary N) is 1. The van der Waals surface area contributed by atoms with E-state index in [9.17, 15) is 4.79 Å². The molecule has 2 aromatic heterocycles. The van der Waals surface area contributed by atoms with Gasteiger partial charge in [-0.1, -0.05) is 0 Å². The van der Waals surface area contributed by atoms with Crippen LogP contribution in [0.1, 0.15) is 5.82 Å². The molecule has 13 heavy (non-hydrogen) atoms. The van der Waals surface area contributed by atoms with Crippen LogP contribution in [0.15, 0.2) is 17.3 Å². The second-order valence-corrected chi connectivity index (χ2v) is 2.48. The van der Waals surface area contributed by atoms with Crippen molar-refractivity contribution in [1.82, 2.24) is 19.9 Å². The molecule has 0 saturated heterocycles. The summed E-state index contributed by atoms with van der Waals surface area (Å²) >= 11 is 0. The van der Waals surface area contributed by atoms with Crippen LogP contribution >= 0.6 is 0 Å². The Morgan fingerprint density at radius 2 is 2.38 bits per heavy atom. The van der Waals surface area contributed by atoms with Gasteiger partial charge in [0.05, 0.1) is 6.54 Å². The SMILES string of the molecule is NCc1nc2ncncc2c(=O)[nH]1. The quantitative estimate of drug-likeness (QED) is 0.592. The third kappa shape index (κ3) is 1.27. The van der Waals surface area contributed by atoms with E-state index in [1.807, 2.05) is 0 Å². The lowest BCUT2D eigenvalue weighted by Gasteiger charge is -1.97. The van der Waals surface area contributed by atoms with Crippen molar-refractivity contribution in [1.29, 1.82) is 0 Å². The molecular formula is C7H7N5O. The lowest BCUT2D eigenvalue weighted by molar-refractivity contribution is 0.904. The number of nitrogens with two attached hydrogens (primary N) is 1. The minimum Gasteiger partial charge on any atom is -0.324 e. The average molecular weight is 177 g/mol. The fourth-order valence-electron chi connectivity index (χ4n) is 1.02. The number of nitrogens with zero attached hydrogens (tertiary/aromatic N) is 3. The topological polar surface area (TPSA) is 97.5 Å². The Hall–Kier alpha value is -1.82. The second kappa shape index (κ2) is 2.91. The van der Waals surface area contributed by atoms with E-state index in [0.29, 0.717) is 16.9 Å². The van der Waals surface area contributed by atoms with Crippen molar-refractivity contribution in [3.8, 4) is 0 Å². The van der Waals surface area contributed by atoms with Crippen LogP contribution in [0.25, 0.3) is 11.0 Å². The zero-order valence-corrected chi connectivity index (χ0v) is 6.69. The minimum atomic E-state index is -0.258. The number of rotatable bonds is 1. The van der Waals surface area contributed by atoms with Gasteiger partial charge in [0.1, 0.15) is 17.5 Å². The van der Waals surface area contributed by atoms with Crippen molar-refractivity contribution >= 4 is 11.0 Å². The molecule has 0 fully saturated rings. The van der Waals surface area contributed by atoms with Crippen LogP contribution in [0.2, 0.25) is 0 Å². The molecule has 0 unspecified atom stereocenters. The van der Waals surface area contributed by atoms with E-state index in [-0.39, 0.29) is 12.1 Å². The summed E-state index contributed by atoms with van der Waals surface area (Å²) in [5, 5.41) is 0.375. The number of aromatic amines is 1. The Bertz CT molecular complexity index is 491. The molecule has 6 heteroatoms. The van der Waals surface area contributed by atoms with E-state index in [4.69, 9.17) is 5.73 Å². The average Bonchev–Trinajstić information content (AvgIpc) is 2.18. The number of aromatic nitrogens is 4. The first-order valence-corrected chi connectivity index (χ1v) is 3.70. The van der Waals surface area contributed by atoms with Gasteiger partial charge in [-0.15, -0.1) is 0 Å². The molecule has 3 N–H and O–H groups in total. The van der Waals surface area contributed by atoms with Gasteiger partial charge in [-0.3, -0.25) is 4.79 Å². The van der Waals surface area contributed by atoms with Gasteiger partial charge in [0, 0.05) is 6.20 Å². The van der Waals surface area contributed by atoms with Crippen molar-refractivity contribution in [2.45, 2.75) is 6.54 Å². The molecule has 0 aliphatic heterocycles. The molecule has 0 spiro atoms. The Balaban J connectivity index is 2.85. The Morgan fingerprint density at radius 3 is 3.15 bits per heavy atom. The Morgan fingerprint density at radius 1 is 1.54 bits per heavy atom. The normalized spacial score (nSPS) is 10.5. The maximum atomic E-state index is 11.3. The van der Waals surface area contributed by atoms with Crippen LogP contribution in [0, 0.1) is 0 Å². The molecule has 0 radical (unpaired) electrons. The molecule has 2 heterocycles. The van der Waals surface area contributed by atoms with Crippen LogP contribution in [0.3, 0.4) is 0 Å². The molecular weight excluding hydrogens is 170 g/mol. The van der Waals surface area contributed by atoms with Crippen molar-refractivity contribution in [2.75, 3.05) is 0 Å². The first-order valence-electron chi connectivity index (χ1n) is 3.70. The highest BCUT2D eigenvalue weighted by Gasteiger charge is 2.02. The molecule has 0 aliphatic carbocycles. The van der Waals surface area contributed by atoms with Crippen LogP contribution in [0.5, 0.6) is 0 Å². The van der Waals surface area contributed by atoms with E-state index in [0.717, 1.165) is 0 Å². The fraction of sp³-hybridized carbons (Fsp3) is 0.143. The van der Waals surface area contributed by atoms with Gasteiger partial charge in [0.15, 0.2) is 5.65 Å². The number of H-pyrrole nitrogens is 1. The van der Waals surface area contributed by atoms with Gasteiger partial charge in [0.25, 0.3) is 5.56 Å². The fourth-order valence-corrected chi connectivity index (χ4v) is 1.02. The third-order valence-electron chi connectivity index (χ3n) is 1.63. The van der Waals surface area contributed by atoms with Gasteiger partial charge in [-0.2, -0.15) is 0 Å². The molecule has 0 aromatic carbocycles. The van der Waals surface area contributed by atoms with E-state index in [1.165, 1.54) is 12.5 Å². The van der Waals surface area contributed by atoms with Gasteiger partial charge >= 0.3 is 0 Å². The molecule has 2 aromatic rings. The highest BCUT2D eigenvalue weighted by molar-refractivity contribution is 5.71. The first-order chi connectivity index (χ1) is 6.31. The van der Waals surface area contributed by atoms with E-state index < -0.39 is 0 Å². The van der Waals surface area contributed by atoms with Crippen LogP contribution in [0.4, 0.5) is 0 Å². The summed E-state index contributed by atoms with van der Waals surface area (Å²) in [7, 11) is 0. The lowest BCUT2D eigenvalue weighted by Crippen LogP contribution is -2.15. The van der Waals surface area contributed by atoms with Gasteiger partial charge < -0.3 is 10.7 Å². The summed E-state index contributed by atoms with van der Waals surface area (Å²) < 4.78 is 0. The lowest BCUT2D eigenvalue weighted by atomic mass is 10.4. The van der Waals surface area contributed by atoms with Crippen molar-refractivity contribution in [2.24, 2.45) is 5.73 Å². The maximum Gasteiger partial charge on any atom is 0.262 e. The zero-order chi connectivity index (χ0) is 9.26. The summed E-state index contributed by atoms with van der Waals surface area (Å²) in [5.74, 6) is 0.427. The van der Waals surface area contributed by atoms with Crippen LogP contribution in [-0.4, -0.2) is 19.9 Å². The largest absolute Gasteiger partial charge is 0.324 e. The first kappa shape index (κ1) is 7.81. The highest BCUT2D eigenvalue weighted by Crippen LogP contribution is 1.98. The molecule has 6 nitrogen and oxygen atoms in total. The molecule has 0 aliphatic rings. The second-order valence-electron chi connectivity index (χ2n) is 2.48. The molecule has 0 amide bonds. The molecule has 0 saturated carbocycles. The maximum absolute atomic E-state index is 11.3. The smallest absolute Gasteiger partial charge is 0.262 e. The minimum absolute atomic E-state index is 0.190. The Kier molecular flexibility index (Phi) is 1.75. The number of fused-ring (bicyclic) bond motifs is 1. The third-order valence-corrected chi connectivity index (χ3v) is 1.63. The summed E-state index contributed by atoms with van der Waals surface area (Å²) in [6.45, 7) is 0.190. The molecule has 0 atom stereocenters. The summed E-state index contributed by atoms with van der Waals surface area (Å²) in [5.41, 5.74) is 5.45. The van der Waals surface area contributed by atoms with E-state index in [1.54, 1.807) is 0 Å². The monoisotopic (exact) mass is 177 g/mol. The standard InChI is InChI=1S/C7H7N5O/c8-1-5-11-6-4(7(13)12-5)2-9-3-10-6/h2-3H,1,8H2,(H,9,10,11,12,13). The van der Waals surface area contributed by atoms with Crippen LogP contribution in [-0.2, 0) is 6.54 Å².